The number of anilines is 2. The van der Waals surface area contributed by atoms with Gasteiger partial charge >= 0.3 is 0 Å². The molecule has 1 N–H and O–H groups in total. The third-order valence-electron chi connectivity index (χ3n) is 1.47. The summed E-state index contributed by atoms with van der Waals surface area (Å²) < 4.78 is 0. The maximum Gasteiger partial charge on any atom is 0.262 e. The molecule has 2 heterocycles. The van der Waals surface area contributed by atoms with Crippen molar-refractivity contribution in [3.05, 3.63) is 35.2 Å². The SMILES string of the molecule is [C-]#[N+]c1cnc(Nc2cc(Cl)ncn2)s1. The van der Waals surface area contributed by atoms with Crippen LogP contribution in [0.15, 0.2) is 18.6 Å². The van der Waals surface area contributed by atoms with E-state index in [4.69, 9.17) is 18.2 Å². The van der Waals surface area contributed by atoms with E-state index >= 15 is 0 Å². The summed E-state index contributed by atoms with van der Waals surface area (Å²) in [6.07, 6.45) is 2.86. The lowest BCUT2D eigenvalue weighted by Crippen LogP contribution is -1.92. The van der Waals surface area contributed by atoms with Gasteiger partial charge in [0.15, 0.2) is 5.13 Å². The highest BCUT2D eigenvalue weighted by Gasteiger charge is 2.02. The topological polar surface area (TPSA) is 55.1 Å². The van der Waals surface area contributed by atoms with Crippen LogP contribution in [0.2, 0.25) is 5.15 Å². The highest BCUT2D eigenvalue weighted by Crippen LogP contribution is 2.27. The summed E-state index contributed by atoms with van der Waals surface area (Å²) in [4.78, 5) is 15.0. The van der Waals surface area contributed by atoms with Gasteiger partial charge in [0.1, 0.15) is 17.3 Å². The molecule has 0 saturated carbocycles. The second kappa shape index (κ2) is 4.21. The Balaban J connectivity index is 2.19. The van der Waals surface area contributed by atoms with E-state index in [0.29, 0.717) is 21.1 Å². The van der Waals surface area contributed by atoms with E-state index in [0.717, 1.165) is 0 Å². The molecule has 0 amide bonds. The molecule has 0 aliphatic carbocycles. The van der Waals surface area contributed by atoms with E-state index in [-0.39, 0.29) is 0 Å². The molecule has 0 bridgehead atoms. The molecule has 2 aromatic rings. The highest BCUT2D eigenvalue weighted by molar-refractivity contribution is 7.19. The fourth-order valence-corrected chi connectivity index (χ4v) is 1.64. The Labute approximate surface area is 94.6 Å². The van der Waals surface area contributed by atoms with Crippen LogP contribution in [0, 0.1) is 6.57 Å². The van der Waals surface area contributed by atoms with Crippen molar-refractivity contribution >= 4 is 38.9 Å². The number of hydrogen-bond acceptors (Lipinski definition) is 5. The number of rotatable bonds is 2. The average Bonchev–Trinajstić information content (AvgIpc) is 2.65. The number of halogens is 1. The van der Waals surface area contributed by atoms with E-state index in [2.05, 4.69) is 25.1 Å². The molecule has 2 aromatic heterocycles. The minimum atomic E-state index is 0.356. The van der Waals surface area contributed by atoms with Gasteiger partial charge in [-0.25, -0.2) is 19.8 Å². The van der Waals surface area contributed by atoms with Crippen molar-refractivity contribution in [3.63, 3.8) is 0 Å². The fourth-order valence-electron chi connectivity index (χ4n) is 0.887. The van der Waals surface area contributed by atoms with Crippen LogP contribution < -0.4 is 5.32 Å². The number of hydrogen-bond donors (Lipinski definition) is 1. The number of thiazole rings is 1. The molecule has 0 unspecified atom stereocenters. The molecule has 0 aliphatic heterocycles. The summed E-state index contributed by atoms with van der Waals surface area (Å²) >= 11 is 6.94. The van der Waals surface area contributed by atoms with E-state index < -0.39 is 0 Å². The third-order valence-corrected chi connectivity index (χ3v) is 2.49. The van der Waals surface area contributed by atoms with Gasteiger partial charge in [-0.1, -0.05) is 11.6 Å². The number of nitrogens with zero attached hydrogens (tertiary/aromatic N) is 4. The molecular weight excluding hydrogens is 234 g/mol. The standard InChI is InChI=1S/C8H4ClN5S/c1-10-7-3-11-8(15-7)14-6-2-5(9)12-4-13-6/h2-4H,(H,11,12,13,14). The monoisotopic (exact) mass is 237 g/mol. The summed E-state index contributed by atoms with van der Waals surface area (Å²) in [6.45, 7) is 6.79. The summed E-state index contributed by atoms with van der Waals surface area (Å²) in [5, 5.41) is 4.42. The third kappa shape index (κ3) is 2.40. The van der Waals surface area contributed by atoms with Gasteiger partial charge in [-0.2, -0.15) is 0 Å². The fraction of sp³-hybridized carbons (Fsp3) is 0. The highest BCUT2D eigenvalue weighted by atomic mass is 35.5. The summed E-state index contributed by atoms with van der Waals surface area (Å²) in [5.74, 6) is 0.556. The van der Waals surface area contributed by atoms with Crippen LogP contribution in [0.5, 0.6) is 0 Å². The van der Waals surface area contributed by atoms with Gasteiger partial charge in [-0.05, 0) is 0 Å². The van der Waals surface area contributed by atoms with Crippen LogP contribution >= 0.6 is 22.9 Å². The molecule has 0 aromatic carbocycles. The van der Waals surface area contributed by atoms with Gasteiger partial charge in [0, 0.05) is 12.3 Å². The Morgan fingerprint density at radius 3 is 2.93 bits per heavy atom. The van der Waals surface area contributed by atoms with Crippen molar-refractivity contribution < 1.29 is 0 Å². The number of nitrogens with one attached hydrogen (secondary N) is 1. The first-order chi connectivity index (χ1) is 7.28. The predicted molar refractivity (Wildman–Crippen MR) is 58.7 cm³/mol. The van der Waals surface area contributed by atoms with Crippen LogP contribution in [0.4, 0.5) is 16.0 Å². The Kier molecular flexibility index (Phi) is 2.76. The Morgan fingerprint density at radius 1 is 1.40 bits per heavy atom. The zero-order valence-electron chi connectivity index (χ0n) is 7.31. The first-order valence-corrected chi connectivity index (χ1v) is 5.05. The predicted octanol–water partition coefficient (Wildman–Crippen LogP) is 2.88. The van der Waals surface area contributed by atoms with Gasteiger partial charge in [0.25, 0.3) is 5.00 Å². The zero-order chi connectivity index (χ0) is 10.7. The van der Waals surface area contributed by atoms with Crippen molar-refractivity contribution in [1.29, 1.82) is 0 Å². The molecule has 7 heteroatoms. The van der Waals surface area contributed by atoms with Crippen molar-refractivity contribution in [2.24, 2.45) is 0 Å². The van der Waals surface area contributed by atoms with Gasteiger partial charge in [0.05, 0.1) is 6.57 Å². The van der Waals surface area contributed by atoms with Crippen molar-refractivity contribution in [2.75, 3.05) is 5.32 Å². The molecule has 0 saturated heterocycles. The average molecular weight is 238 g/mol. The van der Waals surface area contributed by atoms with Crippen molar-refractivity contribution in [3.8, 4) is 0 Å². The van der Waals surface area contributed by atoms with Crippen molar-refractivity contribution in [1.82, 2.24) is 15.0 Å². The first kappa shape index (κ1) is 9.83. The lowest BCUT2D eigenvalue weighted by molar-refractivity contribution is 1.16. The van der Waals surface area contributed by atoms with E-state index in [9.17, 15) is 0 Å². The summed E-state index contributed by atoms with van der Waals surface area (Å²) in [7, 11) is 0. The van der Waals surface area contributed by atoms with Crippen LogP contribution in [0.25, 0.3) is 4.85 Å². The quantitative estimate of drug-likeness (QED) is 0.645. The molecule has 0 radical (unpaired) electrons. The maximum atomic E-state index is 6.79. The van der Waals surface area contributed by atoms with E-state index in [1.54, 1.807) is 6.07 Å². The lowest BCUT2D eigenvalue weighted by Gasteiger charge is -1.99. The molecule has 0 spiro atoms. The van der Waals surface area contributed by atoms with Gasteiger partial charge in [0.2, 0.25) is 0 Å². The second-order valence-corrected chi connectivity index (χ2v) is 3.86. The molecule has 0 fully saturated rings. The molecular formula is C8H4ClN5S. The molecule has 15 heavy (non-hydrogen) atoms. The molecule has 5 nitrogen and oxygen atoms in total. The van der Waals surface area contributed by atoms with Gasteiger partial charge in [-0.15, -0.1) is 11.3 Å². The van der Waals surface area contributed by atoms with Crippen LogP contribution in [0.3, 0.4) is 0 Å². The molecule has 74 valence electrons. The largest absolute Gasteiger partial charge is 0.317 e. The summed E-state index contributed by atoms with van der Waals surface area (Å²) in [5.41, 5.74) is 0. The van der Waals surface area contributed by atoms with Crippen LogP contribution in [-0.2, 0) is 0 Å². The lowest BCUT2D eigenvalue weighted by atomic mass is 10.6. The maximum absolute atomic E-state index is 6.79. The smallest absolute Gasteiger partial charge is 0.262 e. The minimum absolute atomic E-state index is 0.356. The van der Waals surface area contributed by atoms with E-state index in [1.807, 2.05) is 0 Å². The zero-order valence-corrected chi connectivity index (χ0v) is 8.88. The van der Waals surface area contributed by atoms with Gasteiger partial charge in [-0.3, -0.25) is 0 Å². The Hall–Kier alpha value is -1.71. The van der Waals surface area contributed by atoms with Crippen LogP contribution in [0.1, 0.15) is 0 Å². The Morgan fingerprint density at radius 2 is 2.27 bits per heavy atom. The van der Waals surface area contributed by atoms with Crippen molar-refractivity contribution in [2.45, 2.75) is 0 Å². The van der Waals surface area contributed by atoms with E-state index in [1.165, 1.54) is 23.9 Å². The molecule has 0 aliphatic rings. The molecule has 2 rings (SSSR count). The normalized spacial score (nSPS) is 9.60. The second-order valence-electron chi connectivity index (χ2n) is 2.47. The van der Waals surface area contributed by atoms with Gasteiger partial charge < -0.3 is 5.32 Å². The first-order valence-electron chi connectivity index (χ1n) is 3.86. The summed E-state index contributed by atoms with van der Waals surface area (Å²) in [6, 6.07) is 1.58. The Bertz CT molecular complexity index is 518. The van der Waals surface area contributed by atoms with Crippen LogP contribution in [-0.4, -0.2) is 15.0 Å². The minimum Gasteiger partial charge on any atom is -0.317 e. The molecule has 0 atom stereocenters. The number of aromatic nitrogens is 3.